The average molecular weight is 306 g/mol. The smallest absolute Gasteiger partial charge is 0.0647 e. The summed E-state index contributed by atoms with van der Waals surface area (Å²) in [4.78, 5) is 0. The van der Waals surface area contributed by atoms with Crippen LogP contribution in [0.1, 0.15) is 47.5 Å². The number of benzene rings is 1. The van der Waals surface area contributed by atoms with Gasteiger partial charge in [-0.1, -0.05) is 30.7 Å². The first-order valence-electron chi connectivity index (χ1n) is 7.45. The molecule has 0 aliphatic heterocycles. The molecule has 1 N–H and O–H groups in total. The highest BCUT2D eigenvalue weighted by molar-refractivity contribution is 6.31. The Bertz CT molecular complexity index is 631. The van der Waals surface area contributed by atoms with Gasteiger partial charge in [-0.2, -0.15) is 5.10 Å². The highest BCUT2D eigenvalue weighted by Crippen LogP contribution is 2.30. The van der Waals surface area contributed by atoms with E-state index in [0.29, 0.717) is 0 Å². The molecule has 0 aliphatic rings. The number of hydrogen-bond donors (Lipinski definition) is 1. The summed E-state index contributed by atoms with van der Waals surface area (Å²) in [6.07, 6.45) is 1.09. The van der Waals surface area contributed by atoms with Crippen molar-refractivity contribution in [3.8, 4) is 0 Å². The molecule has 0 aliphatic carbocycles. The summed E-state index contributed by atoms with van der Waals surface area (Å²) in [5.74, 6) is 0. The highest BCUT2D eigenvalue weighted by Gasteiger charge is 2.21. The minimum Gasteiger partial charge on any atom is -0.306 e. The predicted octanol–water partition coefficient (Wildman–Crippen LogP) is 4.09. The van der Waals surface area contributed by atoms with Gasteiger partial charge in [0.2, 0.25) is 0 Å². The Morgan fingerprint density at radius 2 is 2.00 bits per heavy atom. The van der Waals surface area contributed by atoms with Crippen molar-refractivity contribution in [3.63, 3.8) is 0 Å². The molecule has 1 aromatic heterocycles. The van der Waals surface area contributed by atoms with Crippen LogP contribution in [0.4, 0.5) is 0 Å². The first-order chi connectivity index (χ1) is 9.95. The van der Waals surface area contributed by atoms with E-state index in [9.17, 15) is 0 Å². The first-order valence-corrected chi connectivity index (χ1v) is 7.83. The SMILES string of the molecule is CCCNC(c1ccc(C)c(Cl)c1)c1c(C)nn(C)c1C. The van der Waals surface area contributed by atoms with Crippen molar-refractivity contribution in [2.45, 2.75) is 40.2 Å². The lowest BCUT2D eigenvalue weighted by Gasteiger charge is -2.20. The molecule has 0 saturated heterocycles. The third-order valence-corrected chi connectivity index (χ3v) is 4.39. The number of hydrogen-bond acceptors (Lipinski definition) is 2. The summed E-state index contributed by atoms with van der Waals surface area (Å²) < 4.78 is 1.95. The summed E-state index contributed by atoms with van der Waals surface area (Å²) in [5, 5.41) is 9.00. The van der Waals surface area contributed by atoms with Crippen molar-refractivity contribution in [1.82, 2.24) is 15.1 Å². The molecule has 2 rings (SSSR count). The molecule has 0 saturated carbocycles. The van der Waals surface area contributed by atoms with Crippen molar-refractivity contribution in [2.75, 3.05) is 6.54 Å². The molecule has 21 heavy (non-hydrogen) atoms. The first kappa shape index (κ1) is 16.1. The minimum absolute atomic E-state index is 0.136. The minimum atomic E-state index is 0.136. The van der Waals surface area contributed by atoms with Crippen LogP contribution < -0.4 is 5.32 Å². The quantitative estimate of drug-likeness (QED) is 0.902. The van der Waals surface area contributed by atoms with Gasteiger partial charge in [-0.15, -0.1) is 0 Å². The van der Waals surface area contributed by atoms with Crippen molar-refractivity contribution in [3.05, 3.63) is 51.3 Å². The summed E-state index contributed by atoms with van der Waals surface area (Å²) in [5.41, 5.74) is 5.82. The Morgan fingerprint density at radius 3 is 2.52 bits per heavy atom. The average Bonchev–Trinajstić information content (AvgIpc) is 2.69. The Labute approximate surface area is 132 Å². The zero-order chi connectivity index (χ0) is 15.6. The Hall–Kier alpha value is -1.32. The zero-order valence-corrected chi connectivity index (χ0v) is 14.3. The molecule has 1 aromatic carbocycles. The van der Waals surface area contributed by atoms with Gasteiger partial charge >= 0.3 is 0 Å². The van der Waals surface area contributed by atoms with Crippen LogP contribution in [0.25, 0.3) is 0 Å². The van der Waals surface area contributed by atoms with Crippen LogP contribution in [0, 0.1) is 20.8 Å². The molecular weight excluding hydrogens is 282 g/mol. The van der Waals surface area contributed by atoms with E-state index in [1.807, 2.05) is 18.7 Å². The van der Waals surface area contributed by atoms with E-state index < -0.39 is 0 Å². The largest absolute Gasteiger partial charge is 0.306 e. The molecule has 0 spiro atoms. The normalized spacial score (nSPS) is 12.7. The lowest BCUT2D eigenvalue weighted by Crippen LogP contribution is -2.24. The second kappa shape index (κ2) is 6.63. The van der Waals surface area contributed by atoms with Gasteiger partial charge in [0.25, 0.3) is 0 Å². The fourth-order valence-corrected chi connectivity index (χ4v) is 2.86. The molecule has 1 unspecified atom stereocenters. The molecule has 114 valence electrons. The molecule has 2 aromatic rings. The van der Waals surface area contributed by atoms with Crippen LogP contribution in [-0.4, -0.2) is 16.3 Å². The highest BCUT2D eigenvalue weighted by atomic mass is 35.5. The fraction of sp³-hybridized carbons (Fsp3) is 0.471. The van der Waals surface area contributed by atoms with Crippen LogP contribution in [0.5, 0.6) is 0 Å². The third-order valence-electron chi connectivity index (χ3n) is 3.98. The lowest BCUT2D eigenvalue weighted by atomic mass is 9.96. The predicted molar refractivity (Wildman–Crippen MR) is 89.0 cm³/mol. The molecule has 1 atom stereocenters. The molecule has 1 heterocycles. The van der Waals surface area contributed by atoms with Crippen molar-refractivity contribution >= 4 is 11.6 Å². The van der Waals surface area contributed by atoms with E-state index in [1.165, 1.54) is 16.8 Å². The Kier molecular flexibility index (Phi) is 5.07. The summed E-state index contributed by atoms with van der Waals surface area (Å²) in [7, 11) is 1.99. The number of rotatable bonds is 5. The van der Waals surface area contributed by atoms with E-state index in [4.69, 9.17) is 11.6 Å². The van der Waals surface area contributed by atoms with E-state index in [0.717, 1.165) is 29.2 Å². The maximum atomic E-state index is 6.32. The maximum Gasteiger partial charge on any atom is 0.0647 e. The maximum absolute atomic E-state index is 6.32. The van der Waals surface area contributed by atoms with Gasteiger partial charge in [0, 0.05) is 23.3 Å². The molecule has 3 nitrogen and oxygen atoms in total. The second-order valence-corrected chi connectivity index (χ2v) is 6.01. The molecule has 4 heteroatoms. The standard InChI is InChI=1S/C17H24ClN3/c1-6-9-19-17(14-8-7-11(2)15(18)10-14)16-12(3)20-21(5)13(16)4/h7-8,10,17,19H,6,9H2,1-5H3. The zero-order valence-electron chi connectivity index (χ0n) is 13.5. The van der Waals surface area contributed by atoms with E-state index in [2.05, 4.69) is 49.4 Å². The van der Waals surface area contributed by atoms with Crippen LogP contribution >= 0.6 is 11.6 Å². The van der Waals surface area contributed by atoms with E-state index in [-0.39, 0.29) is 6.04 Å². The van der Waals surface area contributed by atoms with Crippen molar-refractivity contribution in [1.29, 1.82) is 0 Å². The number of nitrogens with zero attached hydrogens (tertiary/aromatic N) is 2. The van der Waals surface area contributed by atoms with Crippen LogP contribution in [0.15, 0.2) is 18.2 Å². The van der Waals surface area contributed by atoms with Crippen LogP contribution in [0.2, 0.25) is 5.02 Å². The molecule has 0 amide bonds. The molecule has 0 bridgehead atoms. The van der Waals surface area contributed by atoms with Gasteiger partial charge < -0.3 is 5.32 Å². The lowest BCUT2D eigenvalue weighted by molar-refractivity contribution is 0.592. The number of aryl methyl sites for hydroxylation is 3. The Morgan fingerprint density at radius 1 is 1.29 bits per heavy atom. The van der Waals surface area contributed by atoms with Gasteiger partial charge in [0.1, 0.15) is 0 Å². The topological polar surface area (TPSA) is 29.9 Å². The van der Waals surface area contributed by atoms with E-state index in [1.54, 1.807) is 0 Å². The fourth-order valence-electron chi connectivity index (χ4n) is 2.67. The van der Waals surface area contributed by atoms with Crippen molar-refractivity contribution in [2.24, 2.45) is 7.05 Å². The van der Waals surface area contributed by atoms with Gasteiger partial charge in [-0.3, -0.25) is 4.68 Å². The molecular formula is C17H24ClN3. The number of halogens is 1. The van der Waals surface area contributed by atoms with Gasteiger partial charge in [-0.25, -0.2) is 0 Å². The number of nitrogens with one attached hydrogen (secondary N) is 1. The molecule has 0 radical (unpaired) electrons. The Balaban J connectivity index is 2.49. The molecule has 0 fully saturated rings. The van der Waals surface area contributed by atoms with Gasteiger partial charge in [-0.05, 0) is 50.9 Å². The van der Waals surface area contributed by atoms with Gasteiger partial charge in [0.05, 0.1) is 11.7 Å². The van der Waals surface area contributed by atoms with E-state index >= 15 is 0 Å². The monoisotopic (exact) mass is 305 g/mol. The summed E-state index contributed by atoms with van der Waals surface area (Å²) >= 11 is 6.32. The summed E-state index contributed by atoms with van der Waals surface area (Å²) in [6.45, 7) is 9.35. The van der Waals surface area contributed by atoms with Crippen molar-refractivity contribution < 1.29 is 0 Å². The summed E-state index contributed by atoms with van der Waals surface area (Å²) in [6, 6.07) is 6.44. The van der Waals surface area contributed by atoms with Crippen LogP contribution in [-0.2, 0) is 7.05 Å². The van der Waals surface area contributed by atoms with Gasteiger partial charge in [0.15, 0.2) is 0 Å². The number of aromatic nitrogens is 2. The van der Waals surface area contributed by atoms with Crippen LogP contribution in [0.3, 0.4) is 0 Å². The second-order valence-electron chi connectivity index (χ2n) is 5.60. The third kappa shape index (κ3) is 3.30.